The molecule has 1 aromatic rings. The van der Waals surface area contributed by atoms with Crippen molar-refractivity contribution < 1.29 is 23.1 Å². The fourth-order valence-corrected chi connectivity index (χ4v) is 1.80. The molecule has 1 amide bonds. The first kappa shape index (κ1) is 16.3. The second-order valence-electron chi connectivity index (χ2n) is 4.92. The third-order valence-corrected chi connectivity index (χ3v) is 2.75. The van der Waals surface area contributed by atoms with Crippen molar-refractivity contribution in [1.29, 1.82) is 0 Å². The van der Waals surface area contributed by atoms with Crippen LogP contribution in [0.2, 0.25) is 0 Å². The van der Waals surface area contributed by atoms with Crippen LogP contribution in [0, 0.1) is 23.4 Å². The first-order chi connectivity index (χ1) is 9.27. The Morgan fingerprint density at radius 3 is 2.45 bits per heavy atom. The third-order valence-electron chi connectivity index (χ3n) is 2.75. The van der Waals surface area contributed by atoms with E-state index >= 15 is 0 Å². The van der Waals surface area contributed by atoms with Gasteiger partial charge < -0.3 is 16.2 Å². The van der Waals surface area contributed by atoms with Crippen molar-refractivity contribution in [2.24, 2.45) is 11.7 Å². The topological polar surface area (TPSA) is 75.3 Å². The molecule has 0 radical (unpaired) electrons. The molecule has 1 atom stereocenters. The van der Waals surface area contributed by atoms with Crippen LogP contribution in [0.3, 0.4) is 0 Å². The molecule has 20 heavy (non-hydrogen) atoms. The third kappa shape index (κ3) is 3.63. The lowest BCUT2D eigenvalue weighted by molar-refractivity contribution is 0.0928. The minimum Gasteiger partial charge on any atom is -0.503 e. The zero-order chi connectivity index (χ0) is 15.4. The summed E-state index contributed by atoms with van der Waals surface area (Å²) in [5.74, 6) is -6.94. The van der Waals surface area contributed by atoms with E-state index in [1.165, 1.54) is 0 Å². The van der Waals surface area contributed by atoms with E-state index in [0.29, 0.717) is 12.5 Å². The van der Waals surface area contributed by atoms with Gasteiger partial charge in [0.15, 0.2) is 17.4 Å². The smallest absolute Gasteiger partial charge is 0.254 e. The van der Waals surface area contributed by atoms with Gasteiger partial charge >= 0.3 is 0 Å². The predicted molar refractivity (Wildman–Crippen MR) is 67.7 cm³/mol. The molecule has 1 rings (SSSR count). The Morgan fingerprint density at radius 2 is 1.95 bits per heavy atom. The minimum atomic E-state index is -1.73. The maximum absolute atomic E-state index is 13.6. The molecule has 1 unspecified atom stereocenters. The number of carbonyl (C=O) groups excluding carboxylic acids is 1. The fraction of sp³-hybridized carbons (Fsp3) is 0.462. The van der Waals surface area contributed by atoms with Crippen molar-refractivity contribution in [2.75, 3.05) is 6.54 Å². The maximum Gasteiger partial charge on any atom is 0.254 e. The van der Waals surface area contributed by atoms with Crippen molar-refractivity contribution in [2.45, 2.75) is 26.3 Å². The van der Waals surface area contributed by atoms with Crippen molar-refractivity contribution in [3.05, 3.63) is 29.1 Å². The van der Waals surface area contributed by atoms with Crippen LogP contribution >= 0.6 is 0 Å². The van der Waals surface area contributed by atoms with Crippen molar-refractivity contribution in [3.63, 3.8) is 0 Å². The summed E-state index contributed by atoms with van der Waals surface area (Å²) in [6, 6.07) is -0.0139. The van der Waals surface area contributed by atoms with E-state index in [-0.39, 0.29) is 12.5 Å². The summed E-state index contributed by atoms with van der Waals surface area (Å²) < 4.78 is 39.6. The largest absolute Gasteiger partial charge is 0.503 e. The molecule has 0 spiro atoms. The zero-order valence-electron chi connectivity index (χ0n) is 11.2. The SMILES string of the molecule is CC(C)CC(CN)NC(=O)c1cc(F)c(F)c(O)c1F. The van der Waals surface area contributed by atoms with Gasteiger partial charge in [-0.05, 0) is 18.4 Å². The van der Waals surface area contributed by atoms with Crippen molar-refractivity contribution >= 4 is 5.91 Å². The summed E-state index contributed by atoms with van der Waals surface area (Å²) in [5, 5.41) is 11.5. The monoisotopic (exact) mass is 290 g/mol. The van der Waals surface area contributed by atoms with Gasteiger partial charge in [0, 0.05) is 12.6 Å². The van der Waals surface area contributed by atoms with Crippen molar-refractivity contribution in [3.8, 4) is 5.75 Å². The second-order valence-corrected chi connectivity index (χ2v) is 4.92. The first-order valence-corrected chi connectivity index (χ1v) is 6.15. The zero-order valence-corrected chi connectivity index (χ0v) is 11.2. The summed E-state index contributed by atoms with van der Waals surface area (Å²) in [6.07, 6.45) is 0.555. The summed E-state index contributed by atoms with van der Waals surface area (Å²) in [6.45, 7) is 3.96. The Labute approximate surface area is 114 Å². The Kier molecular flexibility index (Phi) is 5.38. The number of benzene rings is 1. The number of halogens is 3. The average molecular weight is 290 g/mol. The molecular formula is C13H17F3N2O2. The van der Waals surface area contributed by atoms with E-state index in [0.717, 1.165) is 0 Å². The molecule has 0 bridgehead atoms. The van der Waals surface area contributed by atoms with Crippen LogP contribution in [0.1, 0.15) is 30.6 Å². The van der Waals surface area contributed by atoms with Crippen LogP contribution in [0.5, 0.6) is 5.75 Å². The second kappa shape index (κ2) is 6.60. The average Bonchev–Trinajstić information content (AvgIpc) is 2.38. The molecule has 4 nitrogen and oxygen atoms in total. The number of hydrogen-bond donors (Lipinski definition) is 3. The molecule has 0 aliphatic carbocycles. The van der Waals surface area contributed by atoms with Gasteiger partial charge in [-0.2, -0.15) is 4.39 Å². The normalized spacial score (nSPS) is 12.6. The summed E-state index contributed by atoms with van der Waals surface area (Å²) in [7, 11) is 0. The van der Waals surface area contributed by atoms with E-state index < -0.39 is 40.7 Å². The number of hydrogen-bond acceptors (Lipinski definition) is 3. The molecule has 4 N–H and O–H groups in total. The molecular weight excluding hydrogens is 273 g/mol. The van der Waals surface area contributed by atoms with E-state index in [1.807, 2.05) is 13.8 Å². The summed E-state index contributed by atoms with van der Waals surface area (Å²) in [5.41, 5.74) is 4.72. The number of nitrogens with one attached hydrogen (secondary N) is 1. The Morgan fingerprint density at radius 1 is 1.35 bits per heavy atom. The Bertz CT molecular complexity index is 507. The van der Waals surface area contributed by atoms with E-state index in [9.17, 15) is 18.0 Å². The molecule has 0 aliphatic heterocycles. The Balaban J connectivity index is 2.98. The molecule has 0 saturated carbocycles. The quantitative estimate of drug-likeness (QED) is 0.725. The number of amides is 1. The fourth-order valence-electron chi connectivity index (χ4n) is 1.80. The first-order valence-electron chi connectivity index (χ1n) is 6.15. The molecule has 1 aromatic carbocycles. The van der Waals surface area contributed by atoms with E-state index in [1.54, 1.807) is 0 Å². The van der Waals surface area contributed by atoms with Gasteiger partial charge in [-0.15, -0.1) is 0 Å². The molecule has 0 heterocycles. The molecule has 0 fully saturated rings. The lowest BCUT2D eigenvalue weighted by Crippen LogP contribution is -2.41. The summed E-state index contributed by atoms with van der Waals surface area (Å²) in [4.78, 5) is 11.8. The highest BCUT2D eigenvalue weighted by Gasteiger charge is 2.23. The van der Waals surface area contributed by atoms with Crippen LogP contribution < -0.4 is 11.1 Å². The number of carbonyl (C=O) groups is 1. The van der Waals surface area contributed by atoms with Gasteiger partial charge in [0.25, 0.3) is 5.91 Å². The summed E-state index contributed by atoms with van der Waals surface area (Å²) >= 11 is 0. The number of aromatic hydroxyl groups is 1. The molecule has 112 valence electrons. The van der Waals surface area contributed by atoms with Gasteiger partial charge in [-0.25, -0.2) is 8.78 Å². The lowest BCUT2D eigenvalue weighted by atomic mass is 10.0. The number of rotatable bonds is 5. The molecule has 0 aliphatic rings. The molecule has 7 heteroatoms. The van der Waals surface area contributed by atoms with Crippen LogP contribution in [-0.4, -0.2) is 23.6 Å². The number of nitrogens with two attached hydrogens (primary N) is 1. The molecule has 0 aromatic heterocycles. The standard InChI is InChI=1S/C13H17F3N2O2/c1-6(2)3-7(5-17)18-13(20)8-4-9(14)11(16)12(19)10(8)15/h4,6-7,19H,3,5,17H2,1-2H3,(H,18,20). The highest BCUT2D eigenvalue weighted by Crippen LogP contribution is 2.25. The predicted octanol–water partition coefficient (Wildman–Crippen LogP) is 1.91. The van der Waals surface area contributed by atoms with Gasteiger partial charge in [0.05, 0.1) is 5.56 Å². The van der Waals surface area contributed by atoms with Crippen LogP contribution in [0.25, 0.3) is 0 Å². The van der Waals surface area contributed by atoms with Crippen LogP contribution in [-0.2, 0) is 0 Å². The Hall–Kier alpha value is -1.76. The lowest BCUT2D eigenvalue weighted by Gasteiger charge is -2.19. The van der Waals surface area contributed by atoms with E-state index in [2.05, 4.69) is 5.32 Å². The number of phenolic OH excluding ortho intramolecular Hbond substituents is 1. The van der Waals surface area contributed by atoms with Crippen molar-refractivity contribution in [1.82, 2.24) is 5.32 Å². The number of phenols is 1. The highest BCUT2D eigenvalue weighted by molar-refractivity contribution is 5.95. The minimum absolute atomic E-state index is 0.126. The van der Waals surface area contributed by atoms with Gasteiger partial charge in [-0.3, -0.25) is 4.79 Å². The van der Waals surface area contributed by atoms with Gasteiger partial charge in [0.2, 0.25) is 5.82 Å². The van der Waals surface area contributed by atoms with Crippen LogP contribution in [0.15, 0.2) is 6.07 Å². The van der Waals surface area contributed by atoms with Gasteiger partial charge in [0.1, 0.15) is 0 Å². The van der Waals surface area contributed by atoms with Gasteiger partial charge in [-0.1, -0.05) is 13.8 Å². The maximum atomic E-state index is 13.6. The van der Waals surface area contributed by atoms with E-state index in [4.69, 9.17) is 10.8 Å². The molecule has 0 saturated heterocycles. The highest BCUT2D eigenvalue weighted by atomic mass is 19.2. The van der Waals surface area contributed by atoms with Crippen LogP contribution in [0.4, 0.5) is 13.2 Å².